The van der Waals surface area contributed by atoms with Crippen LogP contribution in [0.2, 0.25) is 0 Å². The Kier molecular flexibility index (Phi) is 4.85. The van der Waals surface area contributed by atoms with Gasteiger partial charge in [-0.15, -0.1) is 6.58 Å². The maximum absolute atomic E-state index is 12.9. The lowest BCUT2D eigenvalue weighted by Gasteiger charge is -2.56. The number of nitrogens with one attached hydrogen (secondary N) is 1. The number of alkyl carbamates (subject to hydrolysis) is 1. The zero-order valence-electron chi connectivity index (χ0n) is 16.4. The third-order valence-corrected chi connectivity index (χ3v) is 5.62. The molecule has 0 aromatic heterocycles. The standard InChI is InChI=1S/C20H25NO7/c1-6-7-20(17(24)26-5)11-9-12(21-18(25)28-19(2,3)4)15(22)10-8-13(20)27-16(23)14(10)11/h6,9-11,13-14H,1,7-8H2,2-5H3,(H,21,25). The molecule has 0 spiro atoms. The van der Waals surface area contributed by atoms with Gasteiger partial charge in [-0.05, 0) is 33.6 Å². The van der Waals surface area contributed by atoms with Crippen molar-refractivity contribution in [1.82, 2.24) is 5.32 Å². The lowest BCUT2D eigenvalue weighted by molar-refractivity contribution is -0.218. The van der Waals surface area contributed by atoms with Gasteiger partial charge in [-0.25, -0.2) is 4.79 Å². The van der Waals surface area contributed by atoms with Crippen molar-refractivity contribution in [3.8, 4) is 0 Å². The Bertz CT molecular complexity index is 778. The van der Waals surface area contributed by atoms with E-state index in [1.165, 1.54) is 13.2 Å². The summed E-state index contributed by atoms with van der Waals surface area (Å²) in [6.45, 7) is 8.85. The molecule has 2 heterocycles. The third-order valence-electron chi connectivity index (χ3n) is 5.62. The number of Topliss-reactive ketones (excluding diaryl/α,β-unsaturated/α-hetero) is 1. The minimum Gasteiger partial charge on any atom is -0.468 e. The molecule has 28 heavy (non-hydrogen) atoms. The highest BCUT2D eigenvalue weighted by Gasteiger charge is 2.68. The maximum Gasteiger partial charge on any atom is 0.412 e. The van der Waals surface area contributed by atoms with E-state index in [1.807, 2.05) is 0 Å². The normalized spacial score (nSPS) is 33.5. The van der Waals surface area contributed by atoms with E-state index in [9.17, 15) is 19.2 Å². The summed E-state index contributed by atoms with van der Waals surface area (Å²) in [5, 5.41) is 2.49. The molecule has 1 amide bonds. The first-order chi connectivity index (χ1) is 13.0. The lowest BCUT2D eigenvalue weighted by atomic mass is 9.50. The fraction of sp³-hybridized carbons (Fsp3) is 0.600. The van der Waals surface area contributed by atoms with E-state index in [0.717, 1.165) is 0 Å². The molecule has 8 heteroatoms. The van der Waals surface area contributed by atoms with Gasteiger partial charge in [-0.1, -0.05) is 12.2 Å². The van der Waals surface area contributed by atoms with E-state index in [4.69, 9.17) is 14.2 Å². The van der Waals surface area contributed by atoms with Crippen molar-refractivity contribution >= 4 is 23.8 Å². The average Bonchev–Trinajstić information content (AvgIpc) is 2.59. The molecular formula is C20H25NO7. The second-order valence-electron chi connectivity index (χ2n) is 8.42. The molecule has 1 N–H and O–H groups in total. The highest BCUT2D eigenvalue weighted by atomic mass is 16.6. The van der Waals surface area contributed by atoms with Gasteiger partial charge in [0.1, 0.15) is 17.1 Å². The van der Waals surface area contributed by atoms with Crippen LogP contribution in [0, 0.1) is 23.2 Å². The molecule has 0 radical (unpaired) electrons. The van der Waals surface area contributed by atoms with Crippen LogP contribution in [-0.2, 0) is 28.6 Å². The molecular weight excluding hydrogens is 366 g/mol. The van der Waals surface area contributed by atoms with Crippen LogP contribution in [0.4, 0.5) is 4.79 Å². The van der Waals surface area contributed by atoms with Crippen molar-refractivity contribution < 1.29 is 33.4 Å². The number of rotatable bonds is 4. The van der Waals surface area contributed by atoms with E-state index >= 15 is 0 Å². The van der Waals surface area contributed by atoms with Crippen LogP contribution in [0.1, 0.15) is 33.6 Å². The molecule has 2 saturated heterocycles. The molecule has 152 valence electrons. The van der Waals surface area contributed by atoms with E-state index in [1.54, 1.807) is 26.8 Å². The summed E-state index contributed by atoms with van der Waals surface area (Å²) >= 11 is 0. The Morgan fingerprint density at radius 3 is 2.64 bits per heavy atom. The monoisotopic (exact) mass is 391 g/mol. The Balaban J connectivity index is 2.03. The van der Waals surface area contributed by atoms with E-state index in [0.29, 0.717) is 0 Å². The summed E-state index contributed by atoms with van der Waals surface area (Å²) in [6, 6.07) is 0. The van der Waals surface area contributed by atoms with Gasteiger partial charge in [0, 0.05) is 11.8 Å². The predicted octanol–water partition coefficient (Wildman–Crippen LogP) is 1.89. The number of allylic oxidation sites excluding steroid dienone is 3. The number of carbonyl (C=O) groups is 4. The summed E-state index contributed by atoms with van der Waals surface area (Å²) in [7, 11) is 1.27. The highest BCUT2D eigenvalue weighted by Crippen LogP contribution is 2.58. The van der Waals surface area contributed by atoms with E-state index in [2.05, 4.69) is 11.9 Å². The summed E-state index contributed by atoms with van der Waals surface area (Å²) < 4.78 is 15.7. The first-order valence-corrected chi connectivity index (χ1v) is 9.21. The Hall–Kier alpha value is -2.64. The molecule has 5 atom stereocenters. The van der Waals surface area contributed by atoms with Crippen molar-refractivity contribution in [3.05, 3.63) is 24.4 Å². The van der Waals surface area contributed by atoms with E-state index < -0.39 is 52.9 Å². The Morgan fingerprint density at radius 2 is 2.07 bits per heavy atom. The number of ether oxygens (including phenoxy) is 3. The Morgan fingerprint density at radius 1 is 1.39 bits per heavy atom. The molecule has 3 fully saturated rings. The second-order valence-corrected chi connectivity index (χ2v) is 8.42. The molecule has 5 unspecified atom stereocenters. The minimum absolute atomic E-state index is 0.0333. The first-order valence-electron chi connectivity index (χ1n) is 9.21. The van der Waals surface area contributed by atoms with Gasteiger partial charge in [0.2, 0.25) is 0 Å². The van der Waals surface area contributed by atoms with E-state index in [-0.39, 0.29) is 24.3 Å². The number of amides is 1. The average molecular weight is 391 g/mol. The molecule has 0 aromatic rings. The molecule has 4 rings (SSSR count). The molecule has 1 saturated carbocycles. The SMILES string of the molecule is C=CCC1(C(=O)OC)C2CC3C(=O)C(NC(=O)OC(C)(C)C)=CC1C3C(=O)O2. The topological polar surface area (TPSA) is 108 Å². The van der Waals surface area contributed by atoms with Crippen LogP contribution in [0.3, 0.4) is 0 Å². The number of esters is 2. The zero-order valence-corrected chi connectivity index (χ0v) is 16.4. The summed E-state index contributed by atoms with van der Waals surface area (Å²) in [6.07, 6.45) is 1.92. The van der Waals surface area contributed by atoms with Gasteiger partial charge >= 0.3 is 18.0 Å². The van der Waals surface area contributed by atoms with Crippen LogP contribution in [0.15, 0.2) is 24.4 Å². The third kappa shape index (κ3) is 3.00. The number of methoxy groups -OCH3 is 1. The smallest absolute Gasteiger partial charge is 0.412 e. The number of carbonyl (C=O) groups excluding carboxylic acids is 4. The van der Waals surface area contributed by atoms with Crippen LogP contribution < -0.4 is 5.32 Å². The molecule has 4 aliphatic rings. The summed E-state index contributed by atoms with van der Waals surface area (Å²) in [5.74, 6) is -3.48. The largest absolute Gasteiger partial charge is 0.468 e. The van der Waals surface area contributed by atoms with Gasteiger partial charge in [-0.2, -0.15) is 0 Å². The maximum atomic E-state index is 12.9. The van der Waals surface area contributed by atoms with Crippen LogP contribution in [-0.4, -0.2) is 42.6 Å². The molecule has 8 nitrogen and oxygen atoms in total. The number of hydrogen-bond donors (Lipinski definition) is 1. The van der Waals surface area contributed by atoms with Crippen molar-refractivity contribution in [2.24, 2.45) is 23.2 Å². The van der Waals surface area contributed by atoms with Crippen molar-refractivity contribution in [1.29, 1.82) is 0 Å². The number of ketones is 1. The molecule has 2 aliphatic heterocycles. The van der Waals surface area contributed by atoms with Gasteiger partial charge in [0.15, 0.2) is 5.78 Å². The summed E-state index contributed by atoms with van der Waals surface area (Å²) in [5.41, 5.74) is -1.88. The van der Waals surface area contributed by atoms with Gasteiger partial charge in [0.25, 0.3) is 0 Å². The van der Waals surface area contributed by atoms with Gasteiger partial charge in [0.05, 0.1) is 18.7 Å². The summed E-state index contributed by atoms with van der Waals surface area (Å²) in [4.78, 5) is 50.3. The predicted molar refractivity (Wildman–Crippen MR) is 96.7 cm³/mol. The van der Waals surface area contributed by atoms with Crippen LogP contribution in [0.5, 0.6) is 0 Å². The number of hydrogen-bond acceptors (Lipinski definition) is 7. The Labute approximate surface area is 163 Å². The van der Waals surface area contributed by atoms with Crippen LogP contribution >= 0.6 is 0 Å². The second kappa shape index (κ2) is 6.76. The number of fused-ring (bicyclic) bond motifs is 1. The lowest BCUT2D eigenvalue weighted by Crippen LogP contribution is -2.66. The molecule has 4 bridgehead atoms. The minimum atomic E-state index is -1.17. The van der Waals surface area contributed by atoms with Crippen LogP contribution in [0.25, 0.3) is 0 Å². The first kappa shape index (κ1) is 20.1. The van der Waals surface area contributed by atoms with Crippen molar-refractivity contribution in [3.63, 3.8) is 0 Å². The quantitative estimate of drug-likeness (QED) is 0.443. The highest BCUT2D eigenvalue weighted by molar-refractivity contribution is 6.04. The fourth-order valence-electron chi connectivity index (χ4n) is 4.60. The molecule has 0 aromatic carbocycles. The van der Waals surface area contributed by atoms with Gasteiger partial charge in [-0.3, -0.25) is 19.7 Å². The van der Waals surface area contributed by atoms with Crippen molar-refractivity contribution in [2.75, 3.05) is 7.11 Å². The molecule has 2 aliphatic carbocycles. The zero-order chi connectivity index (χ0) is 20.9. The fourth-order valence-corrected chi connectivity index (χ4v) is 4.60. The van der Waals surface area contributed by atoms with Crippen molar-refractivity contribution in [2.45, 2.75) is 45.3 Å². The van der Waals surface area contributed by atoms with Gasteiger partial charge < -0.3 is 14.2 Å².